The van der Waals surface area contributed by atoms with Crippen LogP contribution in [0.1, 0.15) is 23.2 Å². The zero-order chi connectivity index (χ0) is 18.6. The summed E-state index contributed by atoms with van der Waals surface area (Å²) in [5, 5.41) is 10.5. The van der Waals surface area contributed by atoms with Crippen molar-refractivity contribution in [1.29, 1.82) is 0 Å². The molecule has 1 atom stereocenters. The lowest BCUT2D eigenvalue weighted by Crippen LogP contribution is -2.48. The van der Waals surface area contributed by atoms with Gasteiger partial charge in [0.2, 0.25) is 0 Å². The van der Waals surface area contributed by atoms with Crippen molar-refractivity contribution < 1.29 is 9.18 Å². The zero-order valence-corrected chi connectivity index (χ0v) is 14.7. The number of hydrogen-bond donors (Lipinski definition) is 2. The molecule has 1 aliphatic rings. The summed E-state index contributed by atoms with van der Waals surface area (Å²) in [6.07, 6.45) is 5.11. The van der Waals surface area contributed by atoms with Crippen LogP contribution in [-0.2, 0) is 0 Å². The van der Waals surface area contributed by atoms with Crippen molar-refractivity contribution >= 4 is 11.7 Å². The van der Waals surface area contributed by atoms with Crippen LogP contribution in [-0.4, -0.2) is 40.2 Å². The van der Waals surface area contributed by atoms with E-state index in [2.05, 4.69) is 25.4 Å². The summed E-state index contributed by atoms with van der Waals surface area (Å²) in [7, 11) is 0. The number of aromatic nitrogens is 3. The Morgan fingerprint density at radius 1 is 1.26 bits per heavy atom. The van der Waals surface area contributed by atoms with Crippen molar-refractivity contribution in [2.45, 2.75) is 18.9 Å². The number of rotatable bonds is 4. The quantitative estimate of drug-likeness (QED) is 0.745. The average molecular weight is 365 g/mol. The van der Waals surface area contributed by atoms with Gasteiger partial charge in [-0.15, -0.1) is 0 Å². The van der Waals surface area contributed by atoms with Gasteiger partial charge in [-0.05, 0) is 54.8 Å². The number of pyridine rings is 1. The molecule has 2 N–H and O–H groups in total. The molecule has 138 valence electrons. The normalized spacial score (nSPS) is 16.9. The second-order valence-electron chi connectivity index (χ2n) is 6.65. The van der Waals surface area contributed by atoms with Crippen molar-refractivity contribution in [3.63, 3.8) is 0 Å². The molecule has 3 aromatic rings. The second kappa shape index (κ2) is 7.57. The number of anilines is 1. The van der Waals surface area contributed by atoms with Gasteiger partial charge in [0.05, 0.1) is 11.3 Å². The standard InChI is InChI=1S/C20H20FN5O/c21-16-7-5-14(6-8-16)18-11-19(25-24-18)26-10-2-4-17(13-26)23-20(27)15-3-1-9-22-12-15/h1,3,5-9,11-12,17H,2,4,10,13H2,(H,23,27)(H,24,25)/t17-/m0/s1. The van der Waals surface area contributed by atoms with Gasteiger partial charge in [0, 0.05) is 37.6 Å². The number of aromatic amines is 1. The fourth-order valence-corrected chi connectivity index (χ4v) is 3.32. The van der Waals surface area contributed by atoms with E-state index < -0.39 is 0 Å². The average Bonchev–Trinajstić information content (AvgIpc) is 3.20. The molecule has 0 saturated carbocycles. The van der Waals surface area contributed by atoms with E-state index in [0.29, 0.717) is 12.1 Å². The first kappa shape index (κ1) is 17.2. The Kier molecular flexibility index (Phi) is 4.82. The smallest absolute Gasteiger partial charge is 0.253 e. The first-order valence-electron chi connectivity index (χ1n) is 8.96. The summed E-state index contributed by atoms with van der Waals surface area (Å²) in [4.78, 5) is 18.5. The van der Waals surface area contributed by atoms with Crippen molar-refractivity contribution in [2.24, 2.45) is 0 Å². The molecule has 0 radical (unpaired) electrons. The Morgan fingerprint density at radius 3 is 2.89 bits per heavy atom. The predicted molar refractivity (Wildman–Crippen MR) is 101 cm³/mol. The number of amides is 1. The van der Waals surface area contributed by atoms with Crippen LogP contribution in [0.2, 0.25) is 0 Å². The van der Waals surface area contributed by atoms with E-state index >= 15 is 0 Å². The van der Waals surface area contributed by atoms with Gasteiger partial charge in [0.15, 0.2) is 5.82 Å². The highest BCUT2D eigenvalue weighted by atomic mass is 19.1. The Hall–Kier alpha value is -3.22. The molecule has 27 heavy (non-hydrogen) atoms. The molecule has 0 unspecified atom stereocenters. The first-order chi connectivity index (χ1) is 13.2. The van der Waals surface area contributed by atoms with E-state index in [4.69, 9.17) is 0 Å². The van der Waals surface area contributed by atoms with Gasteiger partial charge in [-0.2, -0.15) is 5.10 Å². The number of halogens is 1. The van der Waals surface area contributed by atoms with Crippen molar-refractivity contribution in [2.75, 3.05) is 18.0 Å². The lowest BCUT2D eigenvalue weighted by Gasteiger charge is -2.33. The maximum absolute atomic E-state index is 13.1. The molecule has 6 nitrogen and oxygen atoms in total. The van der Waals surface area contributed by atoms with Crippen LogP contribution < -0.4 is 10.2 Å². The van der Waals surface area contributed by atoms with Crippen LogP contribution in [0.15, 0.2) is 54.9 Å². The molecule has 1 amide bonds. The largest absolute Gasteiger partial charge is 0.353 e. The van der Waals surface area contributed by atoms with Gasteiger partial charge in [0.25, 0.3) is 5.91 Å². The van der Waals surface area contributed by atoms with Crippen LogP contribution in [0, 0.1) is 5.82 Å². The van der Waals surface area contributed by atoms with E-state index in [9.17, 15) is 9.18 Å². The third kappa shape index (κ3) is 3.97. The molecule has 1 saturated heterocycles. The van der Waals surface area contributed by atoms with Crippen LogP contribution in [0.3, 0.4) is 0 Å². The molecule has 1 aliphatic heterocycles. The van der Waals surface area contributed by atoms with Gasteiger partial charge in [-0.3, -0.25) is 14.9 Å². The van der Waals surface area contributed by atoms with Gasteiger partial charge >= 0.3 is 0 Å². The molecule has 4 rings (SSSR count). The highest BCUT2D eigenvalue weighted by Crippen LogP contribution is 2.24. The fourth-order valence-electron chi connectivity index (χ4n) is 3.32. The molecular weight excluding hydrogens is 345 g/mol. The monoisotopic (exact) mass is 365 g/mol. The van der Waals surface area contributed by atoms with Crippen LogP contribution >= 0.6 is 0 Å². The fraction of sp³-hybridized carbons (Fsp3) is 0.250. The van der Waals surface area contributed by atoms with Gasteiger partial charge in [0.1, 0.15) is 5.82 Å². The zero-order valence-electron chi connectivity index (χ0n) is 14.7. The van der Waals surface area contributed by atoms with Gasteiger partial charge in [-0.25, -0.2) is 4.39 Å². The maximum atomic E-state index is 13.1. The van der Waals surface area contributed by atoms with E-state index in [0.717, 1.165) is 36.5 Å². The summed E-state index contributed by atoms with van der Waals surface area (Å²) in [6.45, 7) is 1.58. The number of piperidine rings is 1. The third-order valence-electron chi connectivity index (χ3n) is 4.72. The Labute approximate surface area is 156 Å². The number of benzene rings is 1. The van der Waals surface area contributed by atoms with Crippen LogP contribution in [0.25, 0.3) is 11.3 Å². The summed E-state index contributed by atoms with van der Waals surface area (Å²) in [6, 6.07) is 11.8. The lowest BCUT2D eigenvalue weighted by atomic mass is 10.0. The third-order valence-corrected chi connectivity index (χ3v) is 4.72. The minimum Gasteiger partial charge on any atom is -0.353 e. The summed E-state index contributed by atoms with van der Waals surface area (Å²) >= 11 is 0. The number of H-pyrrole nitrogens is 1. The maximum Gasteiger partial charge on any atom is 0.253 e. The molecular formula is C20H20FN5O. The summed E-state index contributed by atoms with van der Waals surface area (Å²) in [5.74, 6) is 0.459. The number of carbonyl (C=O) groups excluding carboxylic acids is 1. The van der Waals surface area contributed by atoms with E-state index in [1.165, 1.54) is 12.1 Å². The number of carbonyl (C=O) groups is 1. The van der Waals surface area contributed by atoms with Crippen molar-refractivity contribution in [3.8, 4) is 11.3 Å². The summed E-state index contributed by atoms with van der Waals surface area (Å²) < 4.78 is 13.1. The number of hydrogen-bond acceptors (Lipinski definition) is 4. The Balaban J connectivity index is 1.42. The molecule has 0 spiro atoms. The lowest BCUT2D eigenvalue weighted by molar-refractivity contribution is 0.0932. The minimum atomic E-state index is -0.262. The minimum absolute atomic E-state index is 0.0532. The van der Waals surface area contributed by atoms with E-state index in [1.807, 2.05) is 6.07 Å². The van der Waals surface area contributed by atoms with Crippen molar-refractivity contribution in [1.82, 2.24) is 20.5 Å². The predicted octanol–water partition coefficient (Wildman–Crippen LogP) is 3.01. The Bertz CT molecular complexity index is 910. The van der Waals surface area contributed by atoms with Gasteiger partial charge < -0.3 is 10.2 Å². The second-order valence-corrected chi connectivity index (χ2v) is 6.65. The molecule has 3 heterocycles. The van der Waals surface area contributed by atoms with Crippen LogP contribution in [0.5, 0.6) is 0 Å². The molecule has 0 aliphatic carbocycles. The SMILES string of the molecule is O=C(N[C@H]1CCCN(c2cc(-c3ccc(F)cc3)[nH]n2)C1)c1cccnc1. The molecule has 0 bridgehead atoms. The first-order valence-corrected chi connectivity index (χ1v) is 8.96. The van der Waals surface area contributed by atoms with Crippen LogP contribution in [0.4, 0.5) is 10.2 Å². The topological polar surface area (TPSA) is 73.9 Å². The highest BCUT2D eigenvalue weighted by Gasteiger charge is 2.23. The van der Waals surface area contributed by atoms with Crippen molar-refractivity contribution in [3.05, 3.63) is 66.2 Å². The molecule has 1 aromatic carbocycles. The molecule has 2 aromatic heterocycles. The van der Waals surface area contributed by atoms with E-state index in [1.54, 1.807) is 36.7 Å². The highest BCUT2D eigenvalue weighted by molar-refractivity contribution is 5.94. The molecule has 1 fully saturated rings. The number of nitrogens with zero attached hydrogens (tertiary/aromatic N) is 3. The van der Waals surface area contributed by atoms with E-state index in [-0.39, 0.29) is 17.8 Å². The molecule has 7 heteroatoms. The van der Waals surface area contributed by atoms with Gasteiger partial charge in [-0.1, -0.05) is 0 Å². The number of nitrogens with one attached hydrogen (secondary N) is 2. The Morgan fingerprint density at radius 2 is 2.11 bits per heavy atom. The summed E-state index contributed by atoms with van der Waals surface area (Å²) in [5.41, 5.74) is 2.29.